The molecule has 0 saturated carbocycles. The van der Waals surface area contributed by atoms with Gasteiger partial charge in [0.2, 0.25) is 0 Å². The molecule has 8 aromatic rings. The molecular formula is C46H36IrN2-2. The van der Waals surface area contributed by atoms with E-state index in [0.717, 1.165) is 22.5 Å². The summed E-state index contributed by atoms with van der Waals surface area (Å²) in [4.78, 5) is 9.15. The Balaban J connectivity index is 0.000000246. The Morgan fingerprint density at radius 1 is 0.592 bits per heavy atom. The SMILES string of the molecule is CC(C)c1[c-]c(-c2nccc3c2ccc2c4ccccc4ccc32)cc2c1C(C)(C)c1ccccc1-2.[Ir].[c-]1ccccc1-c1ccccn1. The molecule has 0 atom stereocenters. The molecule has 2 aromatic heterocycles. The summed E-state index contributed by atoms with van der Waals surface area (Å²) >= 11 is 0. The van der Waals surface area contributed by atoms with E-state index in [1.807, 2.05) is 48.7 Å². The molecule has 0 aliphatic heterocycles. The first-order chi connectivity index (χ1) is 23.4. The normalized spacial score (nSPS) is 12.7. The minimum atomic E-state index is -0.0377. The van der Waals surface area contributed by atoms with E-state index >= 15 is 0 Å². The molecule has 0 bridgehead atoms. The van der Waals surface area contributed by atoms with Crippen molar-refractivity contribution in [2.75, 3.05) is 0 Å². The molecule has 0 saturated heterocycles. The quantitative estimate of drug-likeness (QED) is 0.131. The van der Waals surface area contributed by atoms with Crippen LogP contribution in [-0.2, 0) is 25.5 Å². The molecule has 241 valence electrons. The van der Waals surface area contributed by atoms with Crippen LogP contribution in [0.4, 0.5) is 0 Å². The summed E-state index contributed by atoms with van der Waals surface area (Å²) in [5.41, 5.74) is 10.8. The Morgan fingerprint density at radius 2 is 1.31 bits per heavy atom. The van der Waals surface area contributed by atoms with Crippen LogP contribution in [-0.4, -0.2) is 9.97 Å². The summed E-state index contributed by atoms with van der Waals surface area (Å²) in [6, 6.07) is 51.7. The van der Waals surface area contributed by atoms with Gasteiger partial charge in [-0.3, -0.25) is 0 Å². The number of pyridine rings is 2. The maximum atomic E-state index is 4.93. The van der Waals surface area contributed by atoms with E-state index in [1.54, 1.807) is 6.20 Å². The van der Waals surface area contributed by atoms with Gasteiger partial charge < -0.3 is 9.97 Å². The second-order valence-corrected chi connectivity index (χ2v) is 13.4. The first-order valence-electron chi connectivity index (χ1n) is 16.7. The number of nitrogens with zero attached hydrogens (tertiary/aromatic N) is 2. The summed E-state index contributed by atoms with van der Waals surface area (Å²) in [5, 5.41) is 7.54. The summed E-state index contributed by atoms with van der Waals surface area (Å²) in [6.45, 7) is 9.27. The second-order valence-electron chi connectivity index (χ2n) is 13.4. The molecular weight excluding hydrogens is 773 g/mol. The van der Waals surface area contributed by atoms with Crippen LogP contribution < -0.4 is 0 Å². The number of benzene rings is 6. The molecule has 2 heterocycles. The Kier molecular flexibility index (Phi) is 8.75. The Bertz CT molecular complexity index is 2410. The third-order valence-electron chi connectivity index (χ3n) is 9.76. The van der Waals surface area contributed by atoms with Gasteiger partial charge in [0, 0.05) is 32.5 Å². The average molecular weight is 809 g/mol. The van der Waals surface area contributed by atoms with Gasteiger partial charge in [-0.05, 0) is 78.3 Å². The van der Waals surface area contributed by atoms with E-state index in [-0.39, 0.29) is 25.5 Å². The third kappa shape index (κ3) is 5.68. The van der Waals surface area contributed by atoms with Gasteiger partial charge in [-0.25, -0.2) is 0 Å². The molecule has 6 aromatic carbocycles. The van der Waals surface area contributed by atoms with E-state index in [9.17, 15) is 0 Å². The van der Waals surface area contributed by atoms with Crippen molar-refractivity contribution in [1.29, 1.82) is 0 Å². The average Bonchev–Trinajstić information content (AvgIpc) is 3.37. The van der Waals surface area contributed by atoms with Crippen molar-refractivity contribution in [3.05, 3.63) is 169 Å². The van der Waals surface area contributed by atoms with Gasteiger partial charge in [-0.15, -0.1) is 64.7 Å². The van der Waals surface area contributed by atoms with Crippen molar-refractivity contribution in [1.82, 2.24) is 9.97 Å². The predicted molar refractivity (Wildman–Crippen MR) is 201 cm³/mol. The van der Waals surface area contributed by atoms with Crippen LogP contribution in [0, 0.1) is 12.1 Å². The minimum Gasteiger partial charge on any atom is -0.305 e. The molecule has 2 nitrogen and oxygen atoms in total. The van der Waals surface area contributed by atoms with E-state index < -0.39 is 0 Å². The Labute approximate surface area is 302 Å². The number of hydrogen-bond donors (Lipinski definition) is 0. The van der Waals surface area contributed by atoms with E-state index in [1.165, 1.54) is 60.1 Å². The van der Waals surface area contributed by atoms with Crippen LogP contribution in [0.3, 0.4) is 0 Å². The largest absolute Gasteiger partial charge is 0.305 e. The molecule has 1 aliphatic rings. The van der Waals surface area contributed by atoms with Crippen LogP contribution in [0.15, 0.2) is 140 Å². The molecule has 3 heteroatoms. The first-order valence-corrected chi connectivity index (χ1v) is 16.7. The predicted octanol–water partition coefficient (Wildman–Crippen LogP) is 12.0. The van der Waals surface area contributed by atoms with Crippen molar-refractivity contribution in [3.63, 3.8) is 0 Å². The first kappa shape index (κ1) is 32.6. The van der Waals surface area contributed by atoms with Crippen LogP contribution >= 0.6 is 0 Å². The van der Waals surface area contributed by atoms with E-state index in [2.05, 4.69) is 130 Å². The number of rotatable bonds is 3. The number of hydrogen-bond acceptors (Lipinski definition) is 2. The fourth-order valence-electron chi connectivity index (χ4n) is 7.49. The molecule has 0 spiro atoms. The van der Waals surface area contributed by atoms with Crippen molar-refractivity contribution in [2.45, 2.75) is 39.0 Å². The fraction of sp³-hybridized carbons (Fsp3) is 0.130. The number of aromatic nitrogens is 2. The van der Waals surface area contributed by atoms with E-state index in [0.29, 0.717) is 5.92 Å². The second kappa shape index (κ2) is 13.2. The van der Waals surface area contributed by atoms with Gasteiger partial charge in [-0.2, -0.15) is 0 Å². The zero-order valence-electron chi connectivity index (χ0n) is 28.1. The zero-order valence-corrected chi connectivity index (χ0v) is 30.5. The summed E-state index contributed by atoms with van der Waals surface area (Å²) in [7, 11) is 0. The summed E-state index contributed by atoms with van der Waals surface area (Å²) in [6.07, 6.45) is 3.75. The van der Waals surface area contributed by atoms with Crippen molar-refractivity contribution in [2.24, 2.45) is 0 Å². The van der Waals surface area contributed by atoms with Crippen LogP contribution in [0.2, 0.25) is 0 Å². The molecule has 1 aliphatic carbocycles. The van der Waals surface area contributed by atoms with E-state index in [4.69, 9.17) is 4.98 Å². The molecule has 0 amide bonds. The van der Waals surface area contributed by atoms with Gasteiger partial charge in [0.25, 0.3) is 0 Å². The van der Waals surface area contributed by atoms with Gasteiger partial charge in [0.1, 0.15) is 0 Å². The summed E-state index contributed by atoms with van der Waals surface area (Å²) < 4.78 is 0. The van der Waals surface area contributed by atoms with Crippen LogP contribution in [0.1, 0.15) is 50.3 Å². The third-order valence-corrected chi connectivity index (χ3v) is 9.76. The van der Waals surface area contributed by atoms with Gasteiger partial charge in [0.05, 0.1) is 0 Å². The standard InChI is InChI=1S/C35H28N.C11H8N.Ir/c1-21(2)30-19-23(20-31-28-11-7-8-12-32(28)35(3,4)33(30)31)34-29-16-15-25-24-10-6-5-9-22(24)13-14-26(25)27(29)17-18-36-34;1-2-6-10(7-3-1)11-8-4-5-9-12-11;/h5-18,20-21H,1-4H3;1-6,8-9H;/q2*-1;. The monoisotopic (exact) mass is 809 g/mol. The fourth-order valence-corrected chi connectivity index (χ4v) is 7.49. The van der Waals surface area contributed by atoms with Crippen molar-refractivity contribution >= 4 is 32.3 Å². The van der Waals surface area contributed by atoms with Crippen LogP contribution in [0.5, 0.6) is 0 Å². The number of fused-ring (bicyclic) bond motifs is 8. The van der Waals surface area contributed by atoms with Gasteiger partial charge in [0.15, 0.2) is 0 Å². The Hall–Kier alpha value is -4.95. The smallest absolute Gasteiger partial charge is 0.0167 e. The maximum absolute atomic E-state index is 4.93. The minimum absolute atomic E-state index is 0. The molecule has 9 rings (SSSR count). The van der Waals surface area contributed by atoms with Gasteiger partial charge in [-0.1, -0.05) is 118 Å². The molecule has 49 heavy (non-hydrogen) atoms. The Morgan fingerprint density at radius 3 is 2.10 bits per heavy atom. The molecule has 0 unspecified atom stereocenters. The maximum Gasteiger partial charge on any atom is 0.0167 e. The molecule has 0 N–H and O–H groups in total. The van der Waals surface area contributed by atoms with Gasteiger partial charge >= 0.3 is 0 Å². The molecule has 0 fully saturated rings. The topological polar surface area (TPSA) is 25.8 Å². The molecule has 1 radical (unpaired) electrons. The van der Waals surface area contributed by atoms with Crippen LogP contribution in [0.25, 0.3) is 66.0 Å². The zero-order chi connectivity index (χ0) is 32.8. The van der Waals surface area contributed by atoms with Crippen molar-refractivity contribution in [3.8, 4) is 33.6 Å². The summed E-state index contributed by atoms with van der Waals surface area (Å²) in [5.74, 6) is 0.370. The van der Waals surface area contributed by atoms with Crippen molar-refractivity contribution < 1.29 is 20.1 Å².